The molecule has 28 heavy (non-hydrogen) atoms. The van der Waals surface area contributed by atoms with Crippen LogP contribution in [0.3, 0.4) is 0 Å². The van der Waals surface area contributed by atoms with Crippen molar-refractivity contribution in [3.8, 4) is 0 Å². The van der Waals surface area contributed by atoms with Crippen LogP contribution in [0.1, 0.15) is 22.9 Å². The van der Waals surface area contributed by atoms with Gasteiger partial charge in [0.15, 0.2) is 0 Å². The van der Waals surface area contributed by atoms with Gasteiger partial charge in [-0.05, 0) is 23.8 Å². The van der Waals surface area contributed by atoms with Crippen molar-refractivity contribution < 1.29 is 22.8 Å². The number of nitrogens with one attached hydrogen (secondary N) is 2. The van der Waals surface area contributed by atoms with Crippen LogP contribution in [0.2, 0.25) is 0 Å². The lowest BCUT2D eigenvalue weighted by molar-refractivity contribution is -0.138. The molecule has 0 fully saturated rings. The molecule has 6 nitrogen and oxygen atoms in total. The minimum atomic E-state index is -4.61. The number of hydrogen-bond donors (Lipinski definition) is 2. The quantitative estimate of drug-likeness (QED) is 0.849. The van der Waals surface area contributed by atoms with Gasteiger partial charge in [0.2, 0.25) is 0 Å². The number of halogens is 3. The summed E-state index contributed by atoms with van der Waals surface area (Å²) in [6.07, 6.45) is -3.02. The van der Waals surface area contributed by atoms with Crippen molar-refractivity contribution >= 4 is 11.9 Å². The average Bonchev–Trinajstić information content (AvgIpc) is 2.96. The zero-order valence-electron chi connectivity index (χ0n) is 14.5. The van der Waals surface area contributed by atoms with Crippen molar-refractivity contribution in [2.24, 2.45) is 0 Å². The molecule has 0 saturated carbocycles. The van der Waals surface area contributed by atoms with E-state index in [9.17, 15) is 22.8 Å². The molecule has 0 spiro atoms. The fourth-order valence-corrected chi connectivity index (χ4v) is 3.48. The maximum Gasteiger partial charge on any atom is 0.416 e. The predicted octanol–water partition coefficient (Wildman–Crippen LogP) is 2.75. The van der Waals surface area contributed by atoms with Gasteiger partial charge in [0.25, 0.3) is 5.91 Å². The van der Waals surface area contributed by atoms with Crippen LogP contribution in [0.4, 0.5) is 18.0 Å². The highest BCUT2D eigenvalue weighted by molar-refractivity contribution is 6.01. The Hall–Kier alpha value is -3.36. The SMILES string of the molecule is O=C1NC2=C(C(=O)N(Cc3ccccn3)C2)[C@@H](c2ccccc2C(F)(F)F)N1. The molecule has 2 aliphatic rings. The number of pyridine rings is 1. The Morgan fingerprint density at radius 2 is 1.86 bits per heavy atom. The number of benzene rings is 1. The summed E-state index contributed by atoms with van der Waals surface area (Å²) in [5, 5.41) is 5.01. The highest BCUT2D eigenvalue weighted by Gasteiger charge is 2.43. The number of carbonyl (C=O) groups excluding carboxylic acids is 2. The Morgan fingerprint density at radius 3 is 2.57 bits per heavy atom. The molecule has 9 heteroatoms. The number of aromatic nitrogens is 1. The first-order valence-electron chi connectivity index (χ1n) is 8.50. The molecule has 4 rings (SSSR count). The zero-order valence-corrected chi connectivity index (χ0v) is 14.5. The highest BCUT2D eigenvalue weighted by Crippen LogP contribution is 2.39. The summed E-state index contributed by atoms with van der Waals surface area (Å²) in [6, 6.07) is 8.38. The highest BCUT2D eigenvalue weighted by atomic mass is 19.4. The Morgan fingerprint density at radius 1 is 1.11 bits per heavy atom. The molecule has 0 unspecified atom stereocenters. The normalized spacial score (nSPS) is 19.4. The fourth-order valence-electron chi connectivity index (χ4n) is 3.48. The first-order valence-corrected chi connectivity index (χ1v) is 8.50. The second kappa shape index (κ2) is 6.66. The number of hydrogen-bond acceptors (Lipinski definition) is 3. The van der Waals surface area contributed by atoms with Gasteiger partial charge >= 0.3 is 12.2 Å². The number of amides is 3. The first-order chi connectivity index (χ1) is 13.3. The maximum atomic E-state index is 13.5. The van der Waals surface area contributed by atoms with Gasteiger partial charge in [-0.3, -0.25) is 9.78 Å². The van der Waals surface area contributed by atoms with Crippen molar-refractivity contribution in [3.63, 3.8) is 0 Å². The van der Waals surface area contributed by atoms with Crippen molar-refractivity contribution in [3.05, 3.63) is 76.8 Å². The topological polar surface area (TPSA) is 74.3 Å². The van der Waals surface area contributed by atoms with Crippen LogP contribution in [0, 0.1) is 0 Å². The first kappa shape index (κ1) is 18.0. The van der Waals surface area contributed by atoms with Crippen LogP contribution in [-0.2, 0) is 17.5 Å². The molecule has 3 amide bonds. The molecule has 3 heterocycles. The molecule has 0 aliphatic carbocycles. The number of carbonyl (C=O) groups is 2. The van der Waals surface area contributed by atoms with Gasteiger partial charge in [-0.25, -0.2) is 4.79 Å². The molecule has 0 bridgehead atoms. The van der Waals surface area contributed by atoms with Crippen LogP contribution < -0.4 is 10.6 Å². The number of alkyl halides is 3. The monoisotopic (exact) mass is 388 g/mol. The van der Waals surface area contributed by atoms with Gasteiger partial charge in [0, 0.05) is 6.20 Å². The standard InChI is InChI=1S/C19H15F3N4O2/c20-19(21,22)13-7-2-1-6-12(13)16-15-14(24-18(28)25-16)10-26(17(15)27)9-11-5-3-4-8-23-11/h1-8,16H,9-10H2,(H2,24,25,28)/t16-/m1/s1. The smallest absolute Gasteiger partial charge is 0.327 e. The largest absolute Gasteiger partial charge is 0.416 e. The third kappa shape index (κ3) is 3.19. The maximum absolute atomic E-state index is 13.5. The van der Waals surface area contributed by atoms with E-state index >= 15 is 0 Å². The molecule has 2 N–H and O–H groups in total. The second-order valence-electron chi connectivity index (χ2n) is 6.49. The van der Waals surface area contributed by atoms with Crippen LogP contribution >= 0.6 is 0 Å². The summed E-state index contributed by atoms with van der Waals surface area (Å²) in [5.74, 6) is -0.435. The van der Waals surface area contributed by atoms with Gasteiger partial charge in [0.1, 0.15) is 0 Å². The van der Waals surface area contributed by atoms with Crippen molar-refractivity contribution in [1.29, 1.82) is 0 Å². The van der Waals surface area contributed by atoms with Crippen LogP contribution in [-0.4, -0.2) is 28.4 Å². The predicted molar refractivity (Wildman–Crippen MR) is 92.5 cm³/mol. The molecule has 1 aromatic carbocycles. The van der Waals surface area contributed by atoms with E-state index in [2.05, 4.69) is 15.6 Å². The number of rotatable bonds is 3. The summed E-state index contributed by atoms with van der Waals surface area (Å²) in [4.78, 5) is 30.6. The van der Waals surface area contributed by atoms with E-state index in [4.69, 9.17) is 0 Å². The van der Waals surface area contributed by atoms with Crippen molar-refractivity contribution in [2.45, 2.75) is 18.8 Å². The molecule has 1 atom stereocenters. The van der Waals surface area contributed by atoms with E-state index in [0.29, 0.717) is 11.4 Å². The van der Waals surface area contributed by atoms with E-state index in [1.165, 1.54) is 23.1 Å². The lowest BCUT2D eigenvalue weighted by atomic mass is 9.92. The zero-order chi connectivity index (χ0) is 19.9. The van der Waals surface area contributed by atoms with Gasteiger partial charge in [-0.1, -0.05) is 24.3 Å². The summed E-state index contributed by atoms with van der Waals surface area (Å²) in [6.45, 7) is 0.291. The molecular formula is C19H15F3N4O2. The van der Waals surface area contributed by atoms with Crippen molar-refractivity contribution in [1.82, 2.24) is 20.5 Å². The van der Waals surface area contributed by atoms with E-state index < -0.39 is 29.7 Å². The molecule has 1 aromatic heterocycles. The third-order valence-corrected chi connectivity index (χ3v) is 4.68. The molecule has 0 saturated heterocycles. The third-order valence-electron chi connectivity index (χ3n) is 4.68. The summed E-state index contributed by atoms with van der Waals surface area (Å²) in [7, 11) is 0. The van der Waals surface area contributed by atoms with E-state index in [-0.39, 0.29) is 24.2 Å². The molecular weight excluding hydrogens is 373 g/mol. The van der Waals surface area contributed by atoms with E-state index in [1.807, 2.05) is 0 Å². The lowest BCUT2D eigenvalue weighted by Gasteiger charge is -2.27. The number of nitrogens with zero attached hydrogens (tertiary/aromatic N) is 2. The second-order valence-corrected chi connectivity index (χ2v) is 6.49. The lowest BCUT2D eigenvalue weighted by Crippen LogP contribution is -2.44. The molecule has 144 valence electrons. The van der Waals surface area contributed by atoms with Gasteiger partial charge < -0.3 is 15.5 Å². The molecule has 2 aliphatic heterocycles. The van der Waals surface area contributed by atoms with Gasteiger partial charge in [-0.2, -0.15) is 13.2 Å². The Kier molecular flexibility index (Phi) is 4.29. The van der Waals surface area contributed by atoms with Crippen molar-refractivity contribution in [2.75, 3.05) is 6.54 Å². The molecule has 0 radical (unpaired) electrons. The van der Waals surface area contributed by atoms with Crippen LogP contribution in [0.15, 0.2) is 59.9 Å². The van der Waals surface area contributed by atoms with E-state index in [0.717, 1.165) is 6.07 Å². The minimum absolute atomic E-state index is 0.100. The Balaban J connectivity index is 1.70. The molecule has 2 aromatic rings. The summed E-state index contributed by atoms with van der Waals surface area (Å²) in [5.41, 5.74) is 0.0246. The summed E-state index contributed by atoms with van der Waals surface area (Å²) >= 11 is 0. The number of urea groups is 1. The summed E-state index contributed by atoms with van der Waals surface area (Å²) < 4.78 is 40.4. The van der Waals surface area contributed by atoms with Crippen LogP contribution in [0.25, 0.3) is 0 Å². The van der Waals surface area contributed by atoms with Gasteiger partial charge in [-0.15, -0.1) is 0 Å². The minimum Gasteiger partial charge on any atom is -0.327 e. The fraction of sp³-hybridized carbons (Fsp3) is 0.211. The Labute approximate surface area is 158 Å². The van der Waals surface area contributed by atoms with E-state index in [1.54, 1.807) is 24.4 Å². The van der Waals surface area contributed by atoms with Crippen LogP contribution in [0.5, 0.6) is 0 Å². The average molecular weight is 388 g/mol. The Bertz CT molecular complexity index is 973. The van der Waals surface area contributed by atoms with Gasteiger partial charge in [0.05, 0.1) is 41.7 Å².